The summed E-state index contributed by atoms with van der Waals surface area (Å²) in [5.74, 6) is -0.851. The molecular weight excluding hydrogens is 332 g/mol. The Morgan fingerprint density at radius 3 is 2.64 bits per heavy atom. The molecule has 0 aromatic heterocycles. The molecule has 0 spiro atoms. The van der Waals surface area contributed by atoms with Gasteiger partial charge in [-0.15, -0.1) is 0 Å². The maximum Gasteiger partial charge on any atom is 0.191 e. The van der Waals surface area contributed by atoms with Crippen LogP contribution in [0.4, 0.5) is 8.78 Å². The summed E-state index contributed by atoms with van der Waals surface area (Å²) in [4.78, 5) is 4.42. The van der Waals surface area contributed by atoms with Gasteiger partial charge in [-0.1, -0.05) is 0 Å². The number of benzene rings is 1. The molecule has 2 N–H and O–H groups in total. The van der Waals surface area contributed by atoms with Gasteiger partial charge >= 0.3 is 0 Å². The van der Waals surface area contributed by atoms with Crippen molar-refractivity contribution in [1.82, 2.24) is 10.6 Å². The quantitative estimate of drug-likeness (QED) is 0.339. The van der Waals surface area contributed by atoms with Crippen molar-refractivity contribution in [1.29, 1.82) is 0 Å². The number of methoxy groups -OCH3 is 1. The average Bonchev–Trinajstić information content (AvgIpc) is 2.60. The molecule has 0 aliphatic carbocycles. The van der Waals surface area contributed by atoms with Crippen LogP contribution in [0.15, 0.2) is 23.2 Å². The van der Waals surface area contributed by atoms with E-state index >= 15 is 0 Å². The second-order valence-corrected chi connectivity index (χ2v) is 5.07. The summed E-state index contributed by atoms with van der Waals surface area (Å²) < 4.78 is 41.5. The fourth-order valence-electron chi connectivity index (χ4n) is 1.85. The first-order chi connectivity index (χ1) is 12.2. The number of halogens is 2. The number of guanidine groups is 1. The van der Waals surface area contributed by atoms with Gasteiger partial charge in [0.05, 0.1) is 19.8 Å². The highest BCUT2D eigenvalue weighted by atomic mass is 19.2. The molecule has 1 rings (SSSR count). The van der Waals surface area contributed by atoms with Gasteiger partial charge in [0.15, 0.2) is 17.6 Å². The van der Waals surface area contributed by atoms with Gasteiger partial charge in [-0.3, -0.25) is 4.99 Å². The van der Waals surface area contributed by atoms with Crippen LogP contribution in [0.25, 0.3) is 0 Å². The van der Waals surface area contributed by atoms with Gasteiger partial charge in [-0.25, -0.2) is 8.78 Å². The Hall–Kier alpha value is -1.93. The number of nitrogens with zero attached hydrogens (tertiary/aromatic N) is 1. The molecule has 0 heterocycles. The summed E-state index contributed by atoms with van der Waals surface area (Å²) in [6.07, 6.45) is 0.811. The van der Waals surface area contributed by atoms with Crippen LogP contribution in [0.1, 0.15) is 13.3 Å². The van der Waals surface area contributed by atoms with Crippen LogP contribution in [0, 0.1) is 11.6 Å². The minimum atomic E-state index is -0.923. The fourth-order valence-corrected chi connectivity index (χ4v) is 1.85. The Morgan fingerprint density at radius 1 is 1.08 bits per heavy atom. The SMILES string of the molecule is CCNC(=NCCCOCCOC)NCCOc1ccc(F)c(F)c1. The van der Waals surface area contributed by atoms with Crippen LogP contribution in [0.5, 0.6) is 5.75 Å². The van der Waals surface area contributed by atoms with Crippen LogP contribution < -0.4 is 15.4 Å². The van der Waals surface area contributed by atoms with Gasteiger partial charge in [0, 0.05) is 32.9 Å². The molecule has 25 heavy (non-hydrogen) atoms. The third kappa shape index (κ3) is 9.83. The Morgan fingerprint density at radius 2 is 1.92 bits per heavy atom. The summed E-state index contributed by atoms with van der Waals surface area (Å²) >= 11 is 0. The number of rotatable bonds is 12. The number of ether oxygens (including phenoxy) is 3. The largest absolute Gasteiger partial charge is 0.492 e. The molecule has 0 fully saturated rings. The van der Waals surface area contributed by atoms with Crippen LogP contribution in [-0.2, 0) is 9.47 Å². The lowest BCUT2D eigenvalue weighted by molar-refractivity contribution is 0.0702. The summed E-state index contributed by atoms with van der Waals surface area (Å²) in [5.41, 5.74) is 0. The highest BCUT2D eigenvalue weighted by Gasteiger charge is 2.03. The molecule has 0 amide bonds. The Kier molecular flexibility index (Phi) is 11.3. The van der Waals surface area contributed by atoms with E-state index in [0.717, 1.165) is 25.1 Å². The molecule has 1 aromatic carbocycles. The molecule has 0 bridgehead atoms. The van der Waals surface area contributed by atoms with E-state index in [1.165, 1.54) is 6.07 Å². The fraction of sp³-hybridized carbons (Fsp3) is 0.588. The van der Waals surface area contributed by atoms with Crippen molar-refractivity contribution in [3.8, 4) is 5.75 Å². The van der Waals surface area contributed by atoms with Crippen molar-refractivity contribution in [2.24, 2.45) is 4.99 Å². The van der Waals surface area contributed by atoms with Crippen molar-refractivity contribution in [3.05, 3.63) is 29.8 Å². The summed E-state index contributed by atoms with van der Waals surface area (Å²) in [6.45, 7) is 5.93. The molecule has 0 aliphatic rings. The van der Waals surface area contributed by atoms with Gasteiger partial charge in [0.25, 0.3) is 0 Å². The molecule has 0 radical (unpaired) electrons. The first-order valence-corrected chi connectivity index (χ1v) is 8.34. The Bertz CT molecular complexity index is 516. The molecule has 6 nitrogen and oxygen atoms in total. The standard InChI is InChI=1S/C17H27F2N3O3/c1-3-20-17(21-7-4-9-24-12-11-23-2)22-8-10-25-14-5-6-15(18)16(19)13-14/h5-6,13H,3-4,7-12H2,1-2H3,(H2,20,21,22). The maximum absolute atomic E-state index is 13.1. The van der Waals surface area contributed by atoms with Crippen molar-refractivity contribution >= 4 is 5.96 Å². The minimum absolute atomic E-state index is 0.288. The Labute approximate surface area is 147 Å². The molecule has 0 unspecified atom stereocenters. The van der Waals surface area contributed by atoms with Gasteiger partial charge in [0.1, 0.15) is 12.4 Å². The van der Waals surface area contributed by atoms with Crippen molar-refractivity contribution in [2.75, 3.05) is 53.2 Å². The number of aliphatic imine (C=N–C) groups is 1. The van der Waals surface area contributed by atoms with Crippen LogP contribution in [-0.4, -0.2) is 59.1 Å². The zero-order valence-corrected chi connectivity index (χ0v) is 14.8. The van der Waals surface area contributed by atoms with Gasteiger partial charge in [-0.2, -0.15) is 0 Å². The summed E-state index contributed by atoms with van der Waals surface area (Å²) in [6, 6.07) is 3.46. The molecule has 1 aromatic rings. The monoisotopic (exact) mass is 359 g/mol. The predicted molar refractivity (Wildman–Crippen MR) is 93.1 cm³/mol. The van der Waals surface area contributed by atoms with Crippen molar-refractivity contribution < 1.29 is 23.0 Å². The summed E-state index contributed by atoms with van der Waals surface area (Å²) in [7, 11) is 1.64. The number of hydrogen-bond acceptors (Lipinski definition) is 4. The van der Waals surface area contributed by atoms with E-state index in [1.54, 1.807) is 7.11 Å². The van der Waals surface area contributed by atoms with E-state index in [4.69, 9.17) is 14.2 Å². The van der Waals surface area contributed by atoms with Crippen LogP contribution in [0.2, 0.25) is 0 Å². The number of hydrogen-bond donors (Lipinski definition) is 2. The first kappa shape index (κ1) is 21.1. The van der Waals surface area contributed by atoms with Crippen molar-refractivity contribution in [3.63, 3.8) is 0 Å². The van der Waals surface area contributed by atoms with E-state index < -0.39 is 11.6 Å². The lowest BCUT2D eigenvalue weighted by atomic mass is 10.3. The molecule has 8 heteroatoms. The molecular formula is C17H27F2N3O3. The Balaban J connectivity index is 2.22. The molecule has 142 valence electrons. The highest BCUT2D eigenvalue weighted by Crippen LogP contribution is 2.14. The lowest BCUT2D eigenvalue weighted by Gasteiger charge is -2.12. The second kappa shape index (κ2) is 13.4. The normalized spacial score (nSPS) is 11.4. The average molecular weight is 359 g/mol. The smallest absolute Gasteiger partial charge is 0.191 e. The first-order valence-electron chi connectivity index (χ1n) is 8.34. The topological polar surface area (TPSA) is 64.1 Å². The summed E-state index contributed by atoms with van der Waals surface area (Å²) in [5, 5.41) is 6.24. The van der Waals surface area contributed by atoms with E-state index in [2.05, 4.69) is 15.6 Å². The predicted octanol–water partition coefficient (Wildman–Crippen LogP) is 1.95. The van der Waals surface area contributed by atoms with Crippen molar-refractivity contribution in [2.45, 2.75) is 13.3 Å². The lowest BCUT2D eigenvalue weighted by Crippen LogP contribution is -2.39. The van der Waals surface area contributed by atoms with E-state index in [9.17, 15) is 8.78 Å². The second-order valence-electron chi connectivity index (χ2n) is 5.07. The van der Waals surface area contributed by atoms with E-state index in [1.807, 2.05) is 6.92 Å². The zero-order chi connectivity index (χ0) is 18.3. The minimum Gasteiger partial charge on any atom is -0.492 e. The molecule has 0 aliphatic heterocycles. The number of nitrogens with one attached hydrogen (secondary N) is 2. The van der Waals surface area contributed by atoms with E-state index in [-0.39, 0.29) is 5.75 Å². The van der Waals surface area contributed by atoms with Crippen LogP contribution in [0.3, 0.4) is 0 Å². The van der Waals surface area contributed by atoms with E-state index in [0.29, 0.717) is 45.5 Å². The van der Waals surface area contributed by atoms with Gasteiger partial charge in [0.2, 0.25) is 0 Å². The molecule has 0 saturated carbocycles. The van der Waals surface area contributed by atoms with Gasteiger partial charge < -0.3 is 24.8 Å². The van der Waals surface area contributed by atoms with Crippen LogP contribution >= 0.6 is 0 Å². The molecule has 0 atom stereocenters. The van der Waals surface area contributed by atoms with Gasteiger partial charge in [-0.05, 0) is 25.5 Å². The zero-order valence-electron chi connectivity index (χ0n) is 14.8. The highest BCUT2D eigenvalue weighted by molar-refractivity contribution is 5.79. The molecule has 0 saturated heterocycles. The maximum atomic E-state index is 13.1. The third-order valence-corrected chi connectivity index (χ3v) is 3.05. The third-order valence-electron chi connectivity index (χ3n) is 3.05.